The standard InChI is InChI=1S/C20H31NO4/c1-5-24-18(22)20(3,19(23)25-6-2)14-10-11-15-21(4)16-17-12-8-7-9-13-17/h7-9,12-13H,5-6,10-11,14-16H2,1-4H3. The summed E-state index contributed by atoms with van der Waals surface area (Å²) in [4.78, 5) is 26.7. The van der Waals surface area contributed by atoms with Crippen molar-refractivity contribution in [1.29, 1.82) is 0 Å². The van der Waals surface area contributed by atoms with Crippen LogP contribution >= 0.6 is 0 Å². The molecule has 25 heavy (non-hydrogen) atoms. The van der Waals surface area contributed by atoms with Crippen LogP contribution in [-0.4, -0.2) is 43.6 Å². The molecule has 0 radical (unpaired) electrons. The van der Waals surface area contributed by atoms with Gasteiger partial charge in [-0.1, -0.05) is 36.8 Å². The van der Waals surface area contributed by atoms with E-state index < -0.39 is 17.4 Å². The molecule has 0 fully saturated rings. The Kier molecular flexibility index (Phi) is 9.21. The van der Waals surface area contributed by atoms with Crippen molar-refractivity contribution < 1.29 is 19.1 Å². The summed E-state index contributed by atoms with van der Waals surface area (Å²) in [5.74, 6) is -0.989. The van der Waals surface area contributed by atoms with E-state index in [1.165, 1.54) is 5.56 Å². The van der Waals surface area contributed by atoms with Gasteiger partial charge in [0.2, 0.25) is 0 Å². The summed E-state index contributed by atoms with van der Waals surface area (Å²) < 4.78 is 10.2. The predicted octanol–water partition coefficient (Wildman–Crippen LogP) is 3.42. The van der Waals surface area contributed by atoms with Gasteiger partial charge in [0.1, 0.15) is 0 Å². The monoisotopic (exact) mass is 349 g/mol. The molecule has 0 amide bonds. The number of hydrogen-bond donors (Lipinski definition) is 0. The maximum absolute atomic E-state index is 12.2. The summed E-state index contributed by atoms with van der Waals surface area (Å²) in [6, 6.07) is 10.3. The third-order valence-corrected chi connectivity index (χ3v) is 4.21. The Hall–Kier alpha value is -1.88. The fraction of sp³-hybridized carbons (Fsp3) is 0.600. The first-order valence-corrected chi connectivity index (χ1v) is 9.01. The second kappa shape index (κ2) is 10.9. The Morgan fingerprint density at radius 2 is 1.56 bits per heavy atom. The molecule has 140 valence electrons. The van der Waals surface area contributed by atoms with E-state index in [1.807, 2.05) is 18.2 Å². The van der Waals surface area contributed by atoms with Crippen LogP contribution in [0.25, 0.3) is 0 Å². The lowest BCUT2D eigenvalue weighted by atomic mass is 9.85. The number of esters is 2. The molecule has 0 spiro atoms. The molecule has 0 bridgehead atoms. The van der Waals surface area contributed by atoms with Gasteiger partial charge >= 0.3 is 11.9 Å². The molecule has 0 N–H and O–H groups in total. The minimum atomic E-state index is -1.22. The SMILES string of the molecule is CCOC(=O)C(C)(CCCCN(C)Cc1ccccc1)C(=O)OCC. The summed E-state index contributed by atoms with van der Waals surface area (Å²) in [5.41, 5.74) is 0.0530. The molecule has 0 saturated heterocycles. The van der Waals surface area contributed by atoms with Crippen molar-refractivity contribution in [1.82, 2.24) is 4.90 Å². The minimum absolute atomic E-state index is 0.258. The Balaban J connectivity index is 2.48. The van der Waals surface area contributed by atoms with Crippen LogP contribution in [-0.2, 0) is 25.6 Å². The number of carbonyl (C=O) groups excluding carboxylic acids is 2. The van der Waals surface area contributed by atoms with Gasteiger partial charge in [-0.25, -0.2) is 0 Å². The van der Waals surface area contributed by atoms with Crippen LogP contribution in [0.3, 0.4) is 0 Å². The van der Waals surface area contributed by atoms with E-state index >= 15 is 0 Å². The van der Waals surface area contributed by atoms with E-state index in [-0.39, 0.29) is 13.2 Å². The zero-order chi connectivity index (χ0) is 18.7. The molecular formula is C20H31NO4. The Labute approximate surface area is 151 Å². The summed E-state index contributed by atoms with van der Waals surface area (Å²) >= 11 is 0. The van der Waals surface area contributed by atoms with Crippen LogP contribution in [0.2, 0.25) is 0 Å². The fourth-order valence-electron chi connectivity index (χ4n) is 2.70. The number of hydrogen-bond acceptors (Lipinski definition) is 5. The second-order valence-electron chi connectivity index (χ2n) is 6.45. The molecule has 5 nitrogen and oxygen atoms in total. The highest BCUT2D eigenvalue weighted by molar-refractivity contribution is 5.99. The largest absolute Gasteiger partial charge is 0.465 e. The molecule has 1 rings (SSSR count). The third-order valence-electron chi connectivity index (χ3n) is 4.21. The average Bonchev–Trinajstić information content (AvgIpc) is 2.59. The van der Waals surface area contributed by atoms with Crippen LogP contribution in [0.5, 0.6) is 0 Å². The van der Waals surface area contributed by atoms with Crippen LogP contribution < -0.4 is 0 Å². The number of nitrogens with zero attached hydrogens (tertiary/aromatic N) is 1. The quantitative estimate of drug-likeness (QED) is 0.348. The molecule has 1 aromatic rings. The van der Waals surface area contributed by atoms with Crippen molar-refractivity contribution in [2.24, 2.45) is 5.41 Å². The fourth-order valence-corrected chi connectivity index (χ4v) is 2.70. The van der Waals surface area contributed by atoms with Crippen LogP contribution in [0, 0.1) is 5.41 Å². The molecule has 0 saturated carbocycles. The maximum atomic E-state index is 12.2. The molecule has 0 aromatic heterocycles. The van der Waals surface area contributed by atoms with Gasteiger partial charge in [0.05, 0.1) is 13.2 Å². The van der Waals surface area contributed by atoms with E-state index in [1.54, 1.807) is 20.8 Å². The highest BCUT2D eigenvalue weighted by Gasteiger charge is 2.43. The van der Waals surface area contributed by atoms with Crippen LogP contribution in [0.15, 0.2) is 30.3 Å². The smallest absolute Gasteiger partial charge is 0.323 e. The van der Waals surface area contributed by atoms with E-state index in [0.29, 0.717) is 6.42 Å². The molecule has 5 heteroatoms. The molecule has 1 aromatic carbocycles. The zero-order valence-electron chi connectivity index (χ0n) is 15.9. The normalized spacial score (nSPS) is 11.4. The van der Waals surface area contributed by atoms with Crippen molar-refractivity contribution in [3.63, 3.8) is 0 Å². The molecule has 0 aliphatic heterocycles. The number of benzene rings is 1. The lowest BCUT2D eigenvalue weighted by molar-refractivity contribution is -0.171. The first kappa shape index (κ1) is 21.2. The van der Waals surface area contributed by atoms with Crippen molar-refractivity contribution in [3.05, 3.63) is 35.9 Å². The lowest BCUT2D eigenvalue weighted by Gasteiger charge is -2.25. The summed E-state index contributed by atoms with van der Waals surface area (Å²) in [6.07, 6.45) is 2.09. The van der Waals surface area contributed by atoms with Gasteiger partial charge < -0.3 is 14.4 Å². The maximum Gasteiger partial charge on any atom is 0.323 e. The van der Waals surface area contributed by atoms with Gasteiger partial charge in [-0.3, -0.25) is 9.59 Å². The van der Waals surface area contributed by atoms with Gasteiger partial charge in [-0.15, -0.1) is 0 Å². The predicted molar refractivity (Wildman–Crippen MR) is 98.0 cm³/mol. The van der Waals surface area contributed by atoms with Gasteiger partial charge in [0.15, 0.2) is 5.41 Å². The van der Waals surface area contributed by atoms with E-state index in [9.17, 15) is 9.59 Å². The minimum Gasteiger partial charge on any atom is -0.465 e. The lowest BCUT2D eigenvalue weighted by Crippen LogP contribution is -2.39. The van der Waals surface area contributed by atoms with Crippen molar-refractivity contribution in [3.8, 4) is 0 Å². The average molecular weight is 349 g/mol. The van der Waals surface area contributed by atoms with Gasteiger partial charge in [-0.2, -0.15) is 0 Å². The first-order chi connectivity index (χ1) is 11.9. The van der Waals surface area contributed by atoms with E-state index in [0.717, 1.165) is 25.9 Å². The zero-order valence-corrected chi connectivity index (χ0v) is 15.9. The highest BCUT2D eigenvalue weighted by atomic mass is 16.6. The van der Waals surface area contributed by atoms with E-state index in [4.69, 9.17) is 9.47 Å². The summed E-state index contributed by atoms with van der Waals surface area (Å²) in [5, 5.41) is 0. The van der Waals surface area contributed by atoms with Gasteiger partial charge in [-0.05, 0) is 52.8 Å². The Morgan fingerprint density at radius 3 is 2.08 bits per heavy atom. The summed E-state index contributed by atoms with van der Waals surface area (Å²) in [6.45, 7) is 7.40. The van der Waals surface area contributed by atoms with Crippen molar-refractivity contribution >= 4 is 11.9 Å². The van der Waals surface area contributed by atoms with Crippen molar-refractivity contribution in [2.75, 3.05) is 26.8 Å². The molecule has 0 unspecified atom stereocenters. The molecule has 0 aliphatic carbocycles. The van der Waals surface area contributed by atoms with E-state index in [2.05, 4.69) is 24.1 Å². The first-order valence-electron chi connectivity index (χ1n) is 9.01. The molecule has 0 aliphatic rings. The highest BCUT2D eigenvalue weighted by Crippen LogP contribution is 2.28. The summed E-state index contributed by atoms with van der Waals surface area (Å²) in [7, 11) is 2.07. The molecule has 0 heterocycles. The topological polar surface area (TPSA) is 55.8 Å². The third kappa shape index (κ3) is 6.86. The number of carbonyl (C=O) groups is 2. The van der Waals surface area contributed by atoms with Gasteiger partial charge in [0.25, 0.3) is 0 Å². The Morgan fingerprint density at radius 1 is 1.00 bits per heavy atom. The molecular weight excluding hydrogens is 318 g/mol. The van der Waals surface area contributed by atoms with Crippen LogP contribution in [0.4, 0.5) is 0 Å². The number of unbranched alkanes of at least 4 members (excludes halogenated alkanes) is 1. The number of rotatable bonds is 11. The van der Waals surface area contributed by atoms with Crippen molar-refractivity contribution in [2.45, 2.75) is 46.6 Å². The van der Waals surface area contributed by atoms with Crippen LogP contribution in [0.1, 0.15) is 45.6 Å². The number of ether oxygens (including phenoxy) is 2. The Bertz CT molecular complexity index is 512. The van der Waals surface area contributed by atoms with Gasteiger partial charge in [0, 0.05) is 6.54 Å². The second-order valence-corrected chi connectivity index (χ2v) is 6.45. The molecule has 0 atom stereocenters.